The minimum Gasteiger partial charge on any atom is -0.356 e. The Balaban J connectivity index is 1.25. The van der Waals surface area contributed by atoms with Gasteiger partial charge in [0.05, 0.1) is 0 Å². The minimum absolute atomic E-state index is 0.0127. The molecule has 2 N–H and O–H groups in total. The molecule has 4 rings (SSSR count). The molecule has 0 spiro atoms. The normalized spacial score (nSPS) is 22.1. The maximum Gasteiger partial charge on any atom is 0.315 e. The van der Waals surface area contributed by atoms with Gasteiger partial charge in [0.25, 0.3) is 0 Å². The third-order valence-electron chi connectivity index (χ3n) is 6.16. The Morgan fingerprint density at radius 3 is 1.96 bits per heavy atom. The predicted molar refractivity (Wildman–Crippen MR) is 107 cm³/mol. The summed E-state index contributed by atoms with van der Waals surface area (Å²) in [6.45, 7) is 4.03. The molecule has 3 heterocycles. The van der Waals surface area contributed by atoms with E-state index in [0.29, 0.717) is 6.04 Å². The quantitative estimate of drug-likeness (QED) is 0.850. The summed E-state index contributed by atoms with van der Waals surface area (Å²) in [6, 6.07) is 2.75. The maximum atomic E-state index is 12.3. The number of carbonyl (C=O) groups excluding carboxylic acids is 1. The lowest BCUT2D eigenvalue weighted by atomic mass is 9.96. The van der Waals surface area contributed by atoms with E-state index in [2.05, 4.69) is 36.5 Å². The molecule has 2 aliphatic heterocycles. The topological polar surface area (TPSA) is 73.4 Å². The third-order valence-corrected chi connectivity index (χ3v) is 6.16. The van der Waals surface area contributed by atoms with Crippen LogP contribution >= 0.6 is 0 Å². The van der Waals surface area contributed by atoms with Crippen molar-refractivity contribution in [2.75, 3.05) is 36.0 Å². The van der Waals surface area contributed by atoms with Gasteiger partial charge in [-0.2, -0.15) is 0 Å². The Morgan fingerprint density at radius 2 is 1.33 bits per heavy atom. The zero-order valence-electron chi connectivity index (χ0n) is 16.2. The second kappa shape index (κ2) is 8.76. The van der Waals surface area contributed by atoms with Crippen LogP contribution in [0.4, 0.5) is 16.4 Å². The summed E-state index contributed by atoms with van der Waals surface area (Å²) in [4.78, 5) is 25.9. The van der Waals surface area contributed by atoms with E-state index in [9.17, 15) is 4.79 Å². The summed E-state index contributed by atoms with van der Waals surface area (Å²) < 4.78 is 0. The van der Waals surface area contributed by atoms with Crippen LogP contribution in [0.3, 0.4) is 0 Å². The van der Waals surface area contributed by atoms with Crippen LogP contribution in [0.15, 0.2) is 12.4 Å². The number of nitrogens with zero attached hydrogens (tertiary/aromatic N) is 4. The average molecular weight is 373 g/mol. The molecule has 1 aliphatic carbocycles. The number of hydrogen-bond acceptors (Lipinski definition) is 5. The second-order valence-corrected chi connectivity index (χ2v) is 8.14. The molecular weight excluding hydrogens is 340 g/mol. The molecule has 0 atom stereocenters. The number of nitrogens with one attached hydrogen (secondary N) is 2. The van der Waals surface area contributed by atoms with E-state index in [-0.39, 0.29) is 12.1 Å². The molecule has 27 heavy (non-hydrogen) atoms. The van der Waals surface area contributed by atoms with Crippen LogP contribution in [0.5, 0.6) is 0 Å². The van der Waals surface area contributed by atoms with E-state index in [1.54, 1.807) is 6.33 Å². The molecule has 1 aromatic rings. The van der Waals surface area contributed by atoms with Crippen molar-refractivity contribution in [3.8, 4) is 0 Å². The smallest absolute Gasteiger partial charge is 0.315 e. The van der Waals surface area contributed by atoms with Crippen LogP contribution in [0.2, 0.25) is 0 Å². The number of aromatic nitrogens is 2. The van der Waals surface area contributed by atoms with Crippen LogP contribution in [-0.2, 0) is 0 Å². The molecule has 1 saturated carbocycles. The number of rotatable bonds is 4. The van der Waals surface area contributed by atoms with Gasteiger partial charge in [-0.05, 0) is 38.5 Å². The number of urea groups is 1. The highest BCUT2D eigenvalue weighted by molar-refractivity contribution is 5.74. The Kier molecular flexibility index (Phi) is 5.94. The highest BCUT2D eigenvalue weighted by Crippen LogP contribution is 2.24. The molecule has 0 aromatic carbocycles. The predicted octanol–water partition coefficient (Wildman–Crippen LogP) is 2.68. The Labute approximate surface area is 161 Å². The molecule has 0 unspecified atom stereocenters. The number of piperidine rings is 1. The summed E-state index contributed by atoms with van der Waals surface area (Å²) in [7, 11) is 0. The fraction of sp³-hybridized carbons (Fsp3) is 0.750. The largest absolute Gasteiger partial charge is 0.356 e. The van der Waals surface area contributed by atoms with Gasteiger partial charge in [-0.15, -0.1) is 0 Å². The first-order chi connectivity index (χ1) is 13.3. The van der Waals surface area contributed by atoms with E-state index in [1.807, 2.05) is 0 Å². The van der Waals surface area contributed by atoms with E-state index in [0.717, 1.165) is 63.5 Å². The van der Waals surface area contributed by atoms with Gasteiger partial charge in [0.15, 0.2) is 0 Å². The van der Waals surface area contributed by atoms with E-state index < -0.39 is 0 Å². The first-order valence-electron chi connectivity index (χ1n) is 10.7. The van der Waals surface area contributed by atoms with E-state index >= 15 is 0 Å². The van der Waals surface area contributed by atoms with E-state index in [1.165, 1.54) is 32.1 Å². The van der Waals surface area contributed by atoms with Crippen LogP contribution in [0.1, 0.15) is 57.8 Å². The Morgan fingerprint density at radius 1 is 0.778 bits per heavy atom. The first kappa shape index (κ1) is 18.3. The number of carbonyl (C=O) groups is 1. The summed E-state index contributed by atoms with van der Waals surface area (Å²) in [5.74, 6) is 2.06. The molecular formula is C20H32N6O. The van der Waals surface area contributed by atoms with Crippen molar-refractivity contribution in [1.82, 2.24) is 20.6 Å². The molecule has 7 nitrogen and oxygen atoms in total. The zero-order valence-corrected chi connectivity index (χ0v) is 16.2. The van der Waals surface area contributed by atoms with Gasteiger partial charge in [0.2, 0.25) is 0 Å². The highest BCUT2D eigenvalue weighted by Gasteiger charge is 2.24. The molecule has 0 bridgehead atoms. The van der Waals surface area contributed by atoms with Gasteiger partial charge >= 0.3 is 6.03 Å². The fourth-order valence-corrected chi connectivity index (χ4v) is 4.54. The molecule has 2 amide bonds. The van der Waals surface area contributed by atoms with Crippen molar-refractivity contribution in [3.63, 3.8) is 0 Å². The van der Waals surface area contributed by atoms with E-state index in [4.69, 9.17) is 0 Å². The molecule has 148 valence electrons. The van der Waals surface area contributed by atoms with Gasteiger partial charge in [0, 0.05) is 44.3 Å². The molecule has 1 aromatic heterocycles. The van der Waals surface area contributed by atoms with Crippen molar-refractivity contribution in [1.29, 1.82) is 0 Å². The van der Waals surface area contributed by atoms with Crippen molar-refractivity contribution in [2.24, 2.45) is 0 Å². The van der Waals surface area contributed by atoms with Crippen LogP contribution in [0, 0.1) is 0 Å². The molecule has 2 saturated heterocycles. The van der Waals surface area contributed by atoms with Gasteiger partial charge in [0.1, 0.15) is 18.0 Å². The monoisotopic (exact) mass is 372 g/mol. The number of hydrogen-bond donors (Lipinski definition) is 2. The minimum atomic E-state index is 0.0127. The summed E-state index contributed by atoms with van der Waals surface area (Å²) in [5.41, 5.74) is 0. The lowest BCUT2D eigenvalue weighted by Gasteiger charge is -2.34. The fourth-order valence-electron chi connectivity index (χ4n) is 4.54. The highest BCUT2D eigenvalue weighted by atomic mass is 16.2. The maximum absolute atomic E-state index is 12.3. The second-order valence-electron chi connectivity index (χ2n) is 8.14. The standard InChI is InChI=1S/C20H32N6O/c27-20(23-16-6-2-1-3-7-16)24-17-8-12-26(13-9-17)19-14-18(21-15-22-19)25-10-4-5-11-25/h14-17H,1-13H2,(H2,23,24,27). The van der Waals surface area contributed by atoms with Crippen molar-refractivity contribution < 1.29 is 4.79 Å². The summed E-state index contributed by atoms with van der Waals surface area (Å²) in [5, 5.41) is 6.33. The van der Waals surface area contributed by atoms with Gasteiger partial charge in [-0.3, -0.25) is 0 Å². The Bertz CT molecular complexity index is 619. The number of amides is 2. The van der Waals surface area contributed by atoms with Gasteiger partial charge in [-0.25, -0.2) is 14.8 Å². The van der Waals surface area contributed by atoms with Crippen LogP contribution < -0.4 is 20.4 Å². The van der Waals surface area contributed by atoms with Gasteiger partial charge in [-0.1, -0.05) is 19.3 Å². The van der Waals surface area contributed by atoms with Crippen LogP contribution in [-0.4, -0.2) is 54.3 Å². The Hall–Kier alpha value is -2.05. The molecule has 3 fully saturated rings. The van der Waals surface area contributed by atoms with Crippen molar-refractivity contribution >= 4 is 17.7 Å². The SMILES string of the molecule is O=C(NC1CCCCC1)NC1CCN(c2cc(N3CCCC3)ncn2)CC1. The molecule has 7 heteroatoms. The zero-order chi connectivity index (χ0) is 18.5. The summed E-state index contributed by atoms with van der Waals surface area (Å²) in [6.07, 6.45) is 12.1. The first-order valence-corrected chi connectivity index (χ1v) is 10.7. The van der Waals surface area contributed by atoms with Gasteiger partial charge < -0.3 is 20.4 Å². The number of anilines is 2. The lowest BCUT2D eigenvalue weighted by Crippen LogP contribution is -2.50. The molecule has 3 aliphatic rings. The summed E-state index contributed by atoms with van der Waals surface area (Å²) >= 11 is 0. The van der Waals surface area contributed by atoms with Crippen molar-refractivity contribution in [2.45, 2.75) is 69.9 Å². The van der Waals surface area contributed by atoms with Crippen LogP contribution in [0.25, 0.3) is 0 Å². The van der Waals surface area contributed by atoms with Crippen molar-refractivity contribution in [3.05, 3.63) is 12.4 Å². The average Bonchev–Trinajstić information content (AvgIpc) is 3.24. The third kappa shape index (κ3) is 4.82. The molecule has 0 radical (unpaired) electrons. The lowest BCUT2D eigenvalue weighted by molar-refractivity contribution is 0.226.